The predicted molar refractivity (Wildman–Crippen MR) is 90.0 cm³/mol. The van der Waals surface area contributed by atoms with Crippen molar-refractivity contribution in [3.63, 3.8) is 0 Å². The van der Waals surface area contributed by atoms with Gasteiger partial charge in [-0.1, -0.05) is 30.3 Å². The average molecular weight is 295 g/mol. The molecule has 2 aromatic rings. The summed E-state index contributed by atoms with van der Waals surface area (Å²) in [7, 11) is 5.47. The third kappa shape index (κ3) is 2.33. The predicted octanol–water partition coefficient (Wildman–Crippen LogP) is 4.21. The van der Waals surface area contributed by atoms with E-state index in [1.165, 1.54) is 22.4 Å². The fraction of sp³-hybridized carbons (Fsp3) is 0.263. The summed E-state index contributed by atoms with van der Waals surface area (Å²) in [6.45, 7) is 2.21. The lowest BCUT2D eigenvalue weighted by Crippen LogP contribution is -2.24. The van der Waals surface area contributed by atoms with Crippen molar-refractivity contribution >= 4 is 11.8 Å². The molecule has 1 aliphatic heterocycles. The molecule has 0 saturated carbocycles. The summed E-state index contributed by atoms with van der Waals surface area (Å²) in [6, 6.07) is 14.9. The smallest absolute Gasteiger partial charge is 0.161 e. The molecular formula is C19H21NO2. The van der Waals surface area contributed by atoms with Gasteiger partial charge in [0.15, 0.2) is 11.5 Å². The molecule has 1 heterocycles. The number of ether oxygens (including phenoxy) is 2. The molecule has 22 heavy (non-hydrogen) atoms. The van der Waals surface area contributed by atoms with E-state index in [1.54, 1.807) is 14.2 Å². The van der Waals surface area contributed by atoms with Crippen LogP contribution < -0.4 is 9.47 Å². The van der Waals surface area contributed by atoms with Gasteiger partial charge in [-0.05, 0) is 41.8 Å². The van der Waals surface area contributed by atoms with Crippen molar-refractivity contribution in [1.29, 1.82) is 0 Å². The molecule has 3 rings (SSSR count). The number of methoxy groups -OCH3 is 2. The first-order valence-electron chi connectivity index (χ1n) is 7.41. The zero-order chi connectivity index (χ0) is 15.7. The highest BCUT2D eigenvalue weighted by atomic mass is 16.5. The van der Waals surface area contributed by atoms with Gasteiger partial charge >= 0.3 is 0 Å². The van der Waals surface area contributed by atoms with E-state index in [0.717, 1.165) is 11.5 Å². The zero-order valence-electron chi connectivity index (χ0n) is 13.5. The summed E-state index contributed by atoms with van der Waals surface area (Å²) in [5, 5.41) is 0. The molecule has 2 aromatic carbocycles. The van der Waals surface area contributed by atoms with Gasteiger partial charge in [-0.3, -0.25) is 0 Å². The maximum atomic E-state index is 5.44. The second kappa shape index (κ2) is 5.76. The molecule has 114 valence electrons. The molecule has 1 unspecified atom stereocenters. The Morgan fingerprint density at radius 2 is 1.59 bits per heavy atom. The fourth-order valence-electron chi connectivity index (χ4n) is 2.96. The highest BCUT2D eigenvalue weighted by molar-refractivity contribution is 5.84. The van der Waals surface area contributed by atoms with Gasteiger partial charge in [-0.15, -0.1) is 0 Å². The fourth-order valence-corrected chi connectivity index (χ4v) is 2.96. The topological polar surface area (TPSA) is 21.7 Å². The van der Waals surface area contributed by atoms with Crippen molar-refractivity contribution in [1.82, 2.24) is 4.90 Å². The molecule has 0 N–H and O–H groups in total. The molecular weight excluding hydrogens is 274 g/mol. The van der Waals surface area contributed by atoms with Crippen LogP contribution in [0, 0.1) is 0 Å². The Balaban J connectivity index is 2.16. The van der Waals surface area contributed by atoms with Crippen molar-refractivity contribution in [2.75, 3.05) is 21.3 Å². The van der Waals surface area contributed by atoms with Crippen LogP contribution in [0.3, 0.4) is 0 Å². The third-order valence-corrected chi connectivity index (χ3v) is 4.36. The third-order valence-electron chi connectivity index (χ3n) is 4.36. The monoisotopic (exact) mass is 295 g/mol. The van der Waals surface area contributed by atoms with Crippen LogP contribution in [0.25, 0.3) is 11.8 Å². The van der Waals surface area contributed by atoms with Gasteiger partial charge in [0.1, 0.15) is 0 Å². The molecule has 0 fully saturated rings. The van der Waals surface area contributed by atoms with E-state index < -0.39 is 0 Å². The quantitative estimate of drug-likeness (QED) is 0.846. The highest BCUT2D eigenvalue weighted by Crippen LogP contribution is 2.41. The first kappa shape index (κ1) is 14.5. The Morgan fingerprint density at radius 1 is 0.955 bits per heavy atom. The van der Waals surface area contributed by atoms with Crippen molar-refractivity contribution in [3.05, 3.63) is 59.2 Å². The second-order valence-electron chi connectivity index (χ2n) is 5.52. The number of fused-ring (bicyclic) bond motifs is 1. The minimum Gasteiger partial charge on any atom is -0.493 e. The van der Waals surface area contributed by atoms with Crippen LogP contribution in [0.1, 0.15) is 29.7 Å². The standard InChI is InChI=1S/C19H21NO2/c1-13-16-12-19(22-4)18(21-3)11-15(16)10-17(20(13)2)14-8-6-5-7-9-14/h5-13H,1-4H3. The Kier molecular flexibility index (Phi) is 3.80. The Labute approximate surface area is 131 Å². The summed E-state index contributed by atoms with van der Waals surface area (Å²) in [4.78, 5) is 2.30. The van der Waals surface area contributed by atoms with Crippen molar-refractivity contribution < 1.29 is 9.47 Å². The first-order chi connectivity index (χ1) is 10.7. The van der Waals surface area contributed by atoms with Gasteiger partial charge in [0.05, 0.1) is 20.3 Å². The number of hydrogen-bond acceptors (Lipinski definition) is 3. The summed E-state index contributed by atoms with van der Waals surface area (Å²) >= 11 is 0. The SMILES string of the molecule is COc1cc2c(cc1OC)C(C)N(C)C(c1ccccc1)=C2. The maximum absolute atomic E-state index is 5.44. The lowest BCUT2D eigenvalue weighted by atomic mass is 9.92. The summed E-state index contributed by atoms with van der Waals surface area (Å²) < 4.78 is 10.9. The highest BCUT2D eigenvalue weighted by Gasteiger charge is 2.25. The molecule has 1 atom stereocenters. The molecule has 0 saturated heterocycles. The minimum absolute atomic E-state index is 0.273. The van der Waals surface area contributed by atoms with Gasteiger partial charge in [0, 0.05) is 12.7 Å². The van der Waals surface area contributed by atoms with Gasteiger partial charge in [-0.2, -0.15) is 0 Å². The number of nitrogens with zero attached hydrogens (tertiary/aromatic N) is 1. The lowest BCUT2D eigenvalue weighted by molar-refractivity contribution is 0.347. The minimum atomic E-state index is 0.273. The molecule has 3 nitrogen and oxygen atoms in total. The van der Waals surface area contributed by atoms with E-state index in [1.807, 2.05) is 6.07 Å². The van der Waals surface area contributed by atoms with Crippen molar-refractivity contribution in [2.45, 2.75) is 13.0 Å². The van der Waals surface area contributed by atoms with Gasteiger partial charge < -0.3 is 14.4 Å². The molecule has 0 aliphatic carbocycles. The maximum Gasteiger partial charge on any atom is 0.161 e. The van der Waals surface area contributed by atoms with Gasteiger partial charge in [0.2, 0.25) is 0 Å². The molecule has 1 aliphatic rings. The van der Waals surface area contributed by atoms with Crippen molar-refractivity contribution in [3.8, 4) is 11.5 Å². The molecule has 0 bridgehead atoms. The molecule has 0 radical (unpaired) electrons. The van der Waals surface area contributed by atoms with E-state index in [2.05, 4.69) is 61.3 Å². The number of rotatable bonds is 3. The van der Waals surface area contributed by atoms with Crippen LogP contribution in [-0.2, 0) is 0 Å². The molecule has 3 heteroatoms. The van der Waals surface area contributed by atoms with Gasteiger partial charge in [-0.25, -0.2) is 0 Å². The van der Waals surface area contributed by atoms with Crippen molar-refractivity contribution in [2.24, 2.45) is 0 Å². The molecule has 0 spiro atoms. The van der Waals surface area contributed by atoms with Crippen LogP contribution in [0.2, 0.25) is 0 Å². The van der Waals surface area contributed by atoms with E-state index in [9.17, 15) is 0 Å². The van der Waals surface area contributed by atoms with E-state index in [-0.39, 0.29) is 6.04 Å². The summed E-state index contributed by atoms with van der Waals surface area (Å²) in [5.74, 6) is 1.54. The van der Waals surface area contributed by atoms with Crippen LogP contribution in [-0.4, -0.2) is 26.2 Å². The summed E-state index contributed by atoms with van der Waals surface area (Å²) in [6.07, 6.45) is 2.21. The zero-order valence-corrected chi connectivity index (χ0v) is 13.5. The first-order valence-corrected chi connectivity index (χ1v) is 7.41. The van der Waals surface area contributed by atoms with E-state index >= 15 is 0 Å². The number of benzene rings is 2. The van der Waals surface area contributed by atoms with Crippen LogP contribution in [0.4, 0.5) is 0 Å². The molecule has 0 aromatic heterocycles. The number of hydrogen-bond donors (Lipinski definition) is 0. The van der Waals surface area contributed by atoms with E-state index in [4.69, 9.17) is 9.47 Å². The average Bonchev–Trinajstić information content (AvgIpc) is 2.57. The van der Waals surface area contributed by atoms with Gasteiger partial charge in [0.25, 0.3) is 0 Å². The molecule has 0 amide bonds. The lowest BCUT2D eigenvalue weighted by Gasteiger charge is -2.35. The second-order valence-corrected chi connectivity index (χ2v) is 5.52. The normalized spacial score (nSPS) is 16.8. The Hall–Kier alpha value is -2.42. The Bertz CT molecular complexity index is 707. The summed E-state index contributed by atoms with van der Waals surface area (Å²) in [5.41, 5.74) is 4.87. The van der Waals surface area contributed by atoms with E-state index in [0.29, 0.717) is 0 Å². The largest absolute Gasteiger partial charge is 0.493 e. The van der Waals surface area contributed by atoms with Crippen LogP contribution in [0.15, 0.2) is 42.5 Å². The van der Waals surface area contributed by atoms with Crippen LogP contribution in [0.5, 0.6) is 11.5 Å². The Morgan fingerprint density at radius 3 is 2.23 bits per heavy atom. The van der Waals surface area contributed by atoms with Crippen LogP contribution >= 0.6 is 0 Å².